The van der Waals surface area contributed by atoms with E-state index < -0.39 is 0 Å². The summed E-state index contributed by atoms with van der Waals surface area (Å²) in [5.74, 6) is 0.306. The van der Waals surface area contributed by atoms with Crippen molar-refractivity contribution in [1.29, 1.82) is 0 Å². The molecule has 49 heavy (non-hydrogen) atoms. The predicted molar refractivity (Wildman–Crippen MR) is 181 cm³/mol. The van der Waals surface area contributed by atoms with Crippen LogP contribution in [0, 0.1) is 0 Å². The second-order valence-electron chi connectivity index (χ2n) is 10.0. The highest BCUT2D eigenvalue weighted by atomic mass is 16.6. The van der Waals surface area contributed by atoms with Crippen LogP contribution in [0.5, 0.6) is 5.75 Å². The summed E-state index contributed by atoms with van der Waals surface area (Å²) in [5.41, 5.74) is 6.96. The van der Waals surface area contributed by atoms with E-state index in [-0.39, 0.29) is 12.6 Å². The summed E-state index contributed by atoms with van der Waals surface area (Å²) in [6.45, 7) is 10.1. The summed E-state index contributed by atoms with van der Waals surface area (Å²) in [6, 6.07) is 16.2. The molecule has 0 aliphatic rings. The molecule has 2 aromatic rings. The third kappa shape index (κ3) is 25.7. The highest BCUT2D eigenvalue weighted by molar-refractivity contribution is 5.89. The third-order valence-corrected chi connectivity index (χ3v) is 6.22. The lowest BCUT2D eigenvalue weighted by atomic mass is 10.2. The van der Waals surface area contributed by atoms with Crippen LogP contribution in [0.3, 0.4) is 0 Å². The average molecular weight is 698 g/mol. The second kappa shape index (κ2) is 32.3. The maximum Gasteiger partial charge on any atom is 0.338 e. The molecule has 0 radical (unpaired) electrons. The predicted octanol–water partition coefficient (Wildman–Crippen LogP) is 2.67. The Balaban J connectivity index is 1.15. The molecule has 0 heterocycles. The fourth-order valence-corrected chi connectivity index (χ4v) is 3.75. The number of benzene rings is 2. The van der Waals surface area contributed by atoms with E-state index in [1.54, 1.807) is 30.3 Å². The number of hydrogen-bond donors (Lipinski definition) is 1. The first-order chi connectivity index (χ1) is 24.3. The Morgan fingerprint density at radius 2 is 0.694 bits per heavy atom. The first kappa shape index (κ1) is 42.3. The van der Waals surface area contributed by atoms with Crippen LogP contribution in [-0.4, -0.2) is 151 Å². The molecule has 14 nitrogen and oxygen atoms in total. The smallest absolute Gasteiger partial charge is 0.338 e. The highest BCUT2D eigenvalue weighted by Crippen LogP contribution is 2.19. The van der Waals surface area contributed by atoms with Gasteiger partial charge in [0.2, 0.25) is 0 Å². The molecule has 0 unspecified atom stereocenters. The van der Waals surface area contributed by atoms with Gasteiger partial charge in [0.05, 0.1) is 143 Å². The number of anilines is 1. The van der Waals surface area contributed by atoms with Crippen molar-refractivity contribution in [2.75, 3.05) is 151 Å². The van der Waals surface area contributed by atoms with Gasteiger partial charge in [0.25, 0.3) is 0 Å². The van der Waals surface area contributed by atoms with Crippen molar-refractivity contribution in [2.45, 2.75) is 0 Å². The van der Waals surface area contributed by atoms with Gasteiger partial charge in [-0.3, -0.25) is 0 Å². The number of hydrogen-bond acceptors (Lipinski definition) is 14. The Labute approximate surface area is 290 Å². The summed E-state index contributed by atoms with van der Waals surface area (Å²) in [5, 5.41) is 0. The second-order valence-corrected chi connectivity index (χ2v) is 10.0. The molecular formula is C35H55NO13. The van der Waals surface area contributed by atoms with E-state index in [2.05, 4.69) is 0 Å². The SMILES string of the molecule is Nc1ccccc1OCCOCCOCCOCCOCCOCCOCCOCCOCCOCCOCCOC(=O)c1ccccc1. The van der Waals surface area contributed by atoms with E-state index in [0.29, 0.717) is 156 Å². The monoisotopic (exact) mass is 697 g/mol. The first-order valence-corrected chi connectivity index (χ1v) is 16.7. The number of carbonyl (C=O) groups excluding carboxylic acids is 1. The van der Waals surface area contributed by atoms with E-state index in [4.69, 9.17) is 62.6 Å². The third-order valence-electron chi connectivity index (χ3n) is 6.22. The van der Waals surface area contributed by atoms with Crippen molar-refractivity contribution in [1.82, 2.24) is 0 Å². The standard InChI is InChI=1S/C35H55NO13/c36-33-8-4-5-9-34(33)48-30-28-46-26-24-44-22-20-42-18-16-40-14-12-38-10-11-39-13-15-41-17-19-43-21-23-45-25-27-47-29-31-49-35(37)32-6-2-1-3-7-32/h1-9H,10-31,36H2. The van der Waals surface area contributed by atoms with Gasteiger partial charge in [-0.15, -0.1) is 0 Å². The number of nitrogens with two attached hydrogens (primary N) is 1. The van der Waals surface area contributed by atoms with Crippen molar-refractivity contribution < 1.29 is 61.6 Å². The molecule has 0 spiro atoms. The zero-order valence-electron chi connectivity index (χ0n) is 28.6. The first-order valence-electron chi connectivity index (χ1n) is 16.7. The normalized spacial score (nSPS) is 11.2. The Kier molecular flexibility index (Phi) is 27.9. The van der Waals surface area contributed by atoms with Crippen LogP contribution in [-0.2, 0) is 52.1 Å². The largest absolute Gasteiger partial charge is 0.489 e. The highest BCUT2D eigenvalue weighted by Gasteiger charge is 2.05. The van der Waals surface area contributed by atoms with E-state index in [9.17, 15) is 4.79 Å². The zero-order chi connectivity index (χ0) is 34.7. The molecule has 0 fully saturated rings. The van der Waals surface area contributed by atoms with Crippen LogP contribution in [0.1, 0.15) is 10.4 Å². The quantitative estimate of drug-likeness (QED) is 0.0638. The fraction of sp³-hybridized carbons (Fsp3) is 0.629. The number of ether oxygens (including phenoxy) is 12. The van der Waals surface area contributed by atoms with Gasteiger partial charge in [-0.1, -0.05) is 30.3 Å². The van der Waals surface area contributed by atoms with Gasteiger partial charge in [0, 0.05) is 0 Å². The van der Waals surface area contributed by atoms with Gasteiger partial charge in [0.1, 0.15) is 19.0 Å². The van der Waals surface area contributed by atoms with E-state index >= 15 is 0 Å². The minimum atomic E-state index is -0.358. The Morgan fingerprint density at radius 1 is 0.388 bits per heavy atom. The maximum absolute atomic E-state index is 11.8. The lowest BCUT2D eigenvalue weighted by Gasteiger charge is -2.10. The van der Waals surface area contributed by atoms with Gasteiger partial charge >= 0.3 is 5.97 Å². The molecule has 0 aromatic heterocycles. The van der Waals surface area contributed by atoms with Gasteiger partial charge in [0.15, 0.2) is 0 Å². The molecule has 0 saturated heterocycles. The van der Waals surface area contributed by atoms with Crippen LogP contribution in [0.4, 0.5) is 5.69 Å². The molecule has 2 rings (SSSR count). The topological polar surface area (TPSA) is 154 Å². The molecule has 0 atom stereocenters. The van der Waals surface area contributed by atoms with Crippen molar-refractivity contribution in [3.63, 3.8) is 0 Å². The van der Waals surface area contributed by atoms with Crippen LogP contribution < -0.4 is 10.5 Å². The maximum atomic E-state index is 11.8. The number of nitrogen functional groups attached to an aromatic ring is 1. The molecule has 14 heteroatoms. The summed E-state index contributed by atoms with van der Waals surface area (Å²) >= 11 is 0. The molecule has 278 valence electrons. The molecule has 0 aliphatic carbocycles. The number of para-hydroxylation sites is 2. The lowest BCUT2D eigenvalue weighted by molar-refractivity contribution is -0.0273. The van der Waals surface area contributed by atoms with E-state index in [0.717, 1.165) is 0 Å². The van der Waals surface area contributed by atoms with Crippen LogP contribution in [0.2, 0.25) is 0 Å². The van der Waals surface area contributed by atoms with E-state index in [1.165, 1.54) is 0 Å². The molecular weight excluding hydrogens is 642 g/mol. The number of carbonyl (C=O) groups is 1. The zero-order valence-corrected chi connectivity index (χ0v) is 28.6. The van der Waals surface area contributed by atoms with Crippen molar-refractivity contribution in [2.24, 2.45) is 0 Å². The van der Waals surface area contributed by atoms with Gasteiger partial charge in [-0.2, -0.15) is 0 Å². The van der Waals surface area contributed by atoms with Crippen LogP contribution in [0.25, 0.3) is 0 Å². The van der Waals surface area contributed by atoms with Gasteiger partial charge in [-0.25, -0.2) is 4.79 Å². The molecule has 0 amide bonds. The van der Waals surface area contributed by atoms with Crippen LogP contribution >= 0.6 is 0 Å². The number of esters is 1. The van der Waals surface area contributed by atoms with Gasteiger partial charge < -0.3 is 62.6 Å². The average Bonchev–Trinajstić information content (AvgIpc) is 3.12. The summed E-state index contributed by atoms with van der Waals surface area (Å²) < 4.78 is 65.3. The molecule has 2 N–H and O–H groups in total. The molecule has 0 aliphatic heterocycles. The Bertz CT molecular complexity index is 1020. The molecule has 0 saturated carbocycles. The van der Waals surface area contributed by atoms with Crippen molar-refractivity contribution >= 4 is 11.7 Å². The lowest BCUT2D eigenvalue weighted by Crippen LogP contribution is -2.16. The van der Waals surface area contributed by atoms with E-state index in [1.807, 2.05) is 24.3 Å². The van der Waals surface area contributed by atoms with Crippen LogP contribution in [0.15, 0.2) is 54.6 Å². The summed E-state index contributed by atoms with van der Waals surface area (Å²) in [4.78, 5) is 11.8. The Morgan fingerprint density at radius 3 is 1.06 bits per heavy atom. The van der Waals surface area contributed by atoms with Crippen molar-refractivity contribution in [3.05, 3.63) is 60.2 Å². The number of rotatable bonds is 35. The molecule has 2 aromatic carbocycles. The molecule has 0 bridgehead atoms. The van der Waals surface area contributed by atoms with Gasteiger partial charge in [-0.05, 0) is 24.3 Å². The van der Waals surface area contributed by atoms with Crippen molar-refractivity contribution in [3.8, 4) is 5.75 Å². The Hall–Kier alpha value is -2.89. The summed E-state index contributed by atoms with van der Waals surface area (Å²) in [7, 11) is 0. The minimum absolute atomic E-state index is 0.199. The fourth-order valence-electron chi connectivity index (χ4n) is 3.75. The minimum Gasteiger partial charge on any atom is -0.489 e. The summed E-state index contributed by atoms with van der Waals surface area (Å²) in [6.07, 6.45) is 0.